The molecule has 0 unspecified atom stereocenters. The SMILES string of the molecule is CC1(C)CC(C(=O)Nc2ccnc(SN)c2)C1. The van der Waals surface area contributed by atoms with E-state index in [0.717, 1.165) is 30.5 Å². The second-order valence-corrected chi connectivity index (χ2v) is 5.91. The van der Waals surface area contributed by atoms with E-state index in [9.17, 15) is 4.79 Å². The van der Waals surface area contributed by atoms with Gasteiger partial charge in [-0.05, 0) is 42.3 Å². The van der Waals surface area contributed by atoms with Crippen molar-refractivity contribution in [3.8, 4) is 0 Å². The topological polar surface area (TPSA) is 68.0 Å². The van der Waals surface area contributed by atoms with E-state index in [1.807, 2.05) is 0 Å². The number of carbonyl (C=O) groups excluding carboxylic acids is 1. The summed E-state index contributed by atoms with van der Waals surface area (Å²) in [5.41, 5.74) is 1.08. The van der Waals surface area contributed by atoms with E-state index in [2.05, 4.69) is 24.1 Å². The van der Waals surface area contributed by atoms with Crippen molar-refractivity contribution in [3.63, 3.8) is 0 Å². The smallest absolute Gasteiger partial charge is 0.227 e. The number of amides is 1. The van der Waals surface area contributed by atoms with Gasteiger partial charge in [-0.25, -0.2) is 4.98 Å². The average molecular weight is 251 g/mol. The first-order valence-electron chi connectivity index (χ1n) is 5.64. The molecule has 4 nitrogen and oxygen atoms in total. The highest BCUT2D eigenvalue weighted by Crippen LogP contribution is 2.45. The van der Waals surface area contributed by atoms with Gasteiger partial charge < -0.3 is 5.32 Å². The molecule has 3 N–H and O–H groups in total. The van der Waals surface area contributed by atoms with Gasteiger partial charge in [-0.2, -0.15) is 0 Å². The van der Waals surface area contributed by atoms with Crippen molar-refractivity contribution in [1.29, 1.82) is 0 Å². The van der Waals surface area contributed by atoms with Crippen molar-refractivity contribution >= 4 is 23.5 Å². The summed E-state index contributed by atoms with van der Waals surface area (Å²) in [7, 11) is 0. The van der Waals surface area contributed by atoms with Gasteiger partial charge in [0.2, 0.25) is 5.91 Å². The van der Waals surface area contributed by atoms with Gasteiger partial charge in [0.05, 0.1) is 0 Å². The molecule has 1 saturated carbocycles. The summed E-state index contributed by atoms with van der Waals surface area (Å²) >= 11 is 1.08. The van der Waals surface area contributed by atoms with Crippen LogP contribution in [-0.4, -0.2) is 10.9 Å². The molecular weight excluding hydrogens is 234 g/mol. The van der Waals surface area contributed by atoms with Gasteiger partial charge in [0.25, 0.3) is 0 Å². The first-order chi connectivity index (χ1) is 8.00. The monoisotopic (exact) mass is 251 g/mol. The minimum absolute atomic E-state index is 0.100. The van der Waals surface area contributed by atoms with E-state index < -0.39 is 0 Å². The fourth-order valence-electron chi connectivity index (χ4n) is 2.26. The van der Waals surface area contributed by atoms with Crippen LogP contribution in [0.15, 0.2) is 23.4 Å². The molecule has 1 aromatic heterocycles. The molecule has 1 amide bonds. The Morgan fingerprint density at radius 2 is 2.29 bits per heavy atom. The number of pyridine rings is 1. The minimum Gasteiger partial charge on any atom is -0.326 e. The summed E-state index contributed by atoms with van der Waals surface area (Å²) in [6.07, 6.45) is 3.57. The van der Waals surface area contributed by atoms with E-state index in [1.165, 1.54) is 0 Å². The predicted octanol–water partition coefficient (Wildman–Crippen LogP) is 2.42. The number of rotatable bonds is 3. The summed E-state index contributed by atoms with van der Waals surface area (Å²) < 4.78 is 0. The molecular formula is C12H17N3OS. The molecule has 0 saturated heterocycles. The molecule has 1 fully saturated rings. The number of hydrogen-bond acceptors (Lipinski definition) is 4. The minimum atomic E-state index is 0.100. The molecule has 0 radical (unpaired) electrons. The van der Waals surface area contributed by atoms with E-state index in [0.29, 0.717) is 10.4 Å². The van der Waals surface area contributed by atoms with Crippen molar-refractivity contribution < 1.29 is 4.79 Å². The highest BCUT2D eigenvalue weighted by molar-refractivity contribution is 7.97. The van der Waals surface area contributed by atoms with Crippen LogP contribution in [0, 0.1) is 11.3 Å². The molecule has 1 aliphatic carbocycles. The molecule has 1 aromatic rings. The molecule has 0 aliphatic heterocycles. The number of aromatic nitrogens is 1. The summed E-state index contributed by atoms with van der Waals surface area (Å²) in [6.45, 7) is 4.37. The zero-order valence-electron chi connectivity index (χ0n) is 10.1. The van der Waals surface area contributed by atoms with Crippen LogP contribution in [0.25, 0.3) is 0 Å². The van der Waals surface area contributed by atoms with Gasteiger partial charge in [-0.1, -0.05) is 13.8 Å². The van der Waals surface area contributed by atoms with Crippen LogP contribution in [0.4, 0.5) is 5.69 Å². The van der Waals surface area contributed by atoms with Crippen LogP contribution in [0.2, 0.25) is 0 Å². The van der Waals surface area contributed by atoms with Crippen molar-refractivity contribution in [2.45, 2.75) is 31.7 Å². The van der Waals surface area contributed by atoms with E-state index >= 15 is 0 Å². The normalized spacial score (nSPS) is 18.5. The summed E-state index contributed by atoms with van der Waals surface area (Å²) in [6, 6.07) is 3.56. The molecule has 0 spiro atoms. The predicted molar refractivity (Wildman–Crippen MR) is 69.4 cm³/mol. The van der Waals surface area contributed by atoms with Gasteiger partial charge in [0, 0.05) is 17.8 Å². The molecule has 1 heterocycles. The van der Waals surface area contributed by atoms with Crippen LogP contribution < -0.4 is 10.5 Å². The highest BCUT2D eigenvalue weighted by atomic mass is 32.2. The second kappa shape index (κ2) is 4.66. The lowest BCUT2D eigenvalue weighted by molar-refractivity contribution is -0.126. The Balaban J connectivity index is 1.94. The van der Waals surface area contributed by atoms with E-state index in [1.54, 1.807) is 18.3 Å². The molecule has 2 rings (SSSR count). The number of hydrogen-bond donors (Lipinski definition) is 2. The van der Waals surface area contributed by atoms with E-state index in [4.69, 9.17) is 5.14 Å². The molecule has 0 bridgehead atoms. The van der Waals surface area contributed by atoms with Gasteiger partial charge >= 0.3 is 0 Å². The van der Waals surface area contributed by atoms with Crippen LogP contribution >= 0.6 is 11.9 Å². The maximum Gasteiger partial charge on any atom is 0.227 e. The van der Waals surface area contributed by atoms with Crippen molar-refractivity contribution in [2.75, 3.05) is 5.32 Å². The lowest BCUT2D eigenvalue weighted by Crippen LogP contribution is -2.39. The van der Waals surface area contributed by atoms with Crippen LogP contribution in [0.5, 0.6) is 0 Å². The first-order valence-corrected chi connectivity index (χ1v) is 6.52. The third kappa shape index (κ3) is 2.98. The Hall–Kier alpha value is -1.07. The Morgan fingerprint density at radius 3 is 2.88 bits per heavy atom. The molecule has 0 atom stereocenters. The van der Waals surface area contributed by atoms with Gasteiger partial charge in [-0.3, -0.25) is 9.93 Å². The zero-order chi connectivity index (χ0) is 12.5. The quantitative estimate of drug-likeness (QED) is 0.810. The molecule has 5 heteroatoms. The Labute approximate surface area is 106 Å². The second-order valence-electron chi connectivity index (χ2n) is 5.26. The summed E-state index contributed by atoms with van der Waals surface area (Å²) in [5, 5.41) is 9.04. The number of nitrogens with zero attached hydrogens (tertiary/aromatic N) is 1. The summed E-state index contributed by atoms with van der Waals surface area (Å²) in [4.78, 5) is 16.0. The zero-order valence-corrected chi connectivity index (χ0v) is 10.9. The third-order valence-electron chi connectivity index (χ3n) is 3.09. The fraction of sp³-hybridized carbons (Fsp3) is 0.500. The molecule has 1 aliphatic rings. The number of carbonyl (C=O) groups is 1. The number of nitrogens with two attached hydrogens (primary N) is 1. The molecule has 92 valence electrons. The van der Waals surface area contributed by atoms with Crippen LogP contribution in [0.1, 0.15) is 26.7 Å². The van der Waals surface area contributed by atoms with Crippen molar-refractivity contribution in [2.24, 2.45) is 16.5 Å². The maximum atomic E-state index is 11.9. The van der Waals surface area contributed by atoms with Gasteiger partial charge in [0.15, 0.2) is 0 Å². The summed E-state index contributed by atoms with van der Waals surface area (Å²) in [5.74, 6) is 0.246. The lowest BCUT2D eigenvalue weighted by Gasteiger charge is -2.41. The number of nitrogens with one attached hydrogen (secondary N) is 1. The highest BCUT2D eigenvalue weighted by Gasteiger charge is 2.40. The van der Waals surface area contributed by atoms with E-state index in [-0.39, 0.29) is 11.8 Å². The Bertz CT molecular complexity index is 426. The van der Waals surface area contributed by atoms with Crippen molar-refractivity contribution in [3.05, 3.63) is 18.3 Å². The molecule has 0 aromatic carbocycles. The first kappa shape index (κ1) is 12.4. The van der Waals surface area contributed by atoms with Gasteiger partial charge in [-0.15, -0.1) is 0 Å². The van der Waals surface area contributed by atoms with Crippen LogP contribution in [-0.2, 0) is 4.79 Å². The van der Waals surface area contributed by atoms with Crippen molar-refractivity contribution in [1.82, 2.24) is 4.98 Å². The lowest BCUT2D eigenvalue weighted by atomic mass is 9.64. The largest absolute Gasteiger partial charge is 0.326 e. The van der Waals surface area contributed by atoms with Crippen LogP contribution in [0.3, 0.4) is 0 Å². The fourth-order valence-corrected chi connectivity index (χ4v) is 2.57. The molecule has 17 heavy (non-hydrogen) atoms. The Kier molecular flexibility index (Phi) is 3.40. The standard InChI is InChI=1S/C12H17N3OS/c1-12(2)6-8(7-12)11(16)15-9-3-4-14-10(5-9)17-13/h3-5,8H,6-7,13H2,1-2H3,(H,14,15,16). The third-order valence-corrected chi connectivity index (χ3v) is 3.56. The average Bonchev–Trinajstić information content (AvgIpc) is 2.26. The Morgan fingerprint density at radius 1 is 1.59 bits per heavy atom. The maximum absolute atomic E-state index is 11.9. The van der Waals surface area contributed by atoms with Gasteiger partial charge in [0.1, 0.15) is 5.03 Å². The number of anilines is 1.